The van der Waals surface area contributed by atoms with Gasteiger partial charge in [-0.15, -0.1) is 12.4 Å². The molecule has 0 radical (unpaired) electrons. The molecule has 2 unspecified atom stereocenters. The third-order valence-electron chi connectivity index (χ3n) is 4.47. The number of anilines is 1. The average molecular weight is 354 g/mol. The Kier molecular flexibility index (Phi) is 6.45. The number of ether oxygens (including phenoxy) is 1. The Morgan fingerprint density at radius 2 is 2.00 bits per heavy atom. The molecule has 2 saturated heterocycles. The quantitative estimate of drug-likeness (QED) is 0.819. The summed E-state index contributed by atoms with van der Waals surface area (Å²) in [7, 11) is 0. The van der Waals surface area contributed by atoms with E-state index < -0.39 is 5.97 Å². The molecule has 2 aliphatic rings. The molecule has 0 aromatic heterocycles. The van der Waals surface area contributed by atoms with E-state index in [1.807, 2.05) is 4.90 Å². The zero-order chi connectivity index (χ0) is 16.2. The van der Waals surface area contributed by atoms with Crippen LogP contribution in [0.25, 0.3) is 0 Å². The van der Waals surface area contributed by atoms with Crippen LogP contribution < -0.4 is 10.6 Å². The first-order valence-electron chi connectivity index (χ1n) is 8.25. The topological polar surface area (TPSA) is 70.7 Å². The summed E-state index contributed by atoms with van der Waals surface area (Å²) in [6, 6.07) is 7.71. The van der Waals surface area contributed by atoms with Crippen LogP contribution in [0.5, 0.6) is 0 Å². The van der Waals surface area contributed by atoms with Crippen molar-refractivity contribution in [2.75, 3.05) is 25.0 Å². The fourth-order valence-electron chi connectivity index (χ4n) is 3.30. The van der Waals surface area contributed by atoms with Gasteiger partial charge >= 0.3 is 12.0 Å². The molecule has 2 bridgehead atoms. The Hall–Kier alpha value is -1.79. The van der Waals surface area contributed by atoms with Crippen molar-refractivity contribution < 1.29 is 14.3 Å². The molecule has 2 heterocycles. The van der Waals surface area contributed by atoms with E-state index >= 15 is 0 Å². The number of hydrogen-bond donors (Lipinski definition) is 2. The second-order valence-electron chi connectivity index (χ2n) is 6.07. The van der Waals surface area contributed by atoms with Crippen LogP contribution in [0.3, 0.4) is 0 Å². The van der Waals surface area contributed by atoms with Crippen molar-refractivity contribution in [3.8, 4) is 0 Å². The molecule has 0 saturated carbocycles. The van der Waals surface area contributed by atoms with Crippen molar-refractivity contribution >= 4 is 30.1 Å². The molecule has 2 fully saturated rings. The molecule has 7 heteroatoms. The Labute approximate surface area is 148 Å². The van der Waals surface area contributed by atoms with Crippen LogP contribution in [0, 0.1) is 0 Å². The summed E-state index contributed by atoms with van der Waals surface area (Å²) >= 11 is 0. The van der Waals surface area contributed by atoms with Crippen LogP contribution in [0.4, 0.5) is 10.5 Å². The Balaban J connectivity index is 0.00000208. The second kappa shape index (κ2) is 8.35. The van der Waals surface area contributed by atoms with Gasteiger partial charge in [0, 0.05) is 25.2 Å². The summed E-state index contributed by atoms with van der Waals surface area (Å²) in [6.45, 7) is 3.52. The van der Waals surface area contributed by atoms with Crippen molar-refractivity contribution in [1.82, 2.24) is 10.2 Å². The molecular formula is C17H24ClN3O3. The van der Waals surface area contributed by atoms with Crippen molar-refractivity contribution in [3.05, 3.63) is 29.8 Å². The molecule has 0 aliphatic carbocycles. The van der Waals surface area contributed by atoms with E-state index in [4.69, 9.17) is 4.74 Å². The van der Waals surface area contributed by atoms with Gasteiger partial charge in [0.15, 0.2) is 0 Å². The zero-order valence-electron chi connectivity index (χ0n) is 13.8. The normalized spacial score (nSPS) is 22.3. The molecule has 1 aromatic carbocycles. The lowest BCUT2D eigenvalue weighted by Crippen LogP contribution is -2.41. The van der Waals surface area contributed by atoms with Crippen molar-refractivity contribution in [2.24, 2.45) is 0 Å². The molecular weight excluding hydrogens is 330 g/mol. The summed E-state index contributed by atoms with van der Waals surface area (Å²) in [5.74, 6) is -0.417. The largest absolute Gasteiger partial charge is 0.462 e. The van der Waals surface area contributed by atoms with Crippen LogP contribution in [-0.2, 0) is 4.74 Å². The summed E-state index contributed by atoms with van der Waals surface area (Å²) in [4.78, 5) is 26.4. The summed E-state index contributed by atoms with van der Waals surface area (Å²) in [5.41, 5.74) is 0.885. The minimum Gasteiger partial charge on any atom is -0.462 e. The molecule has 2 amide bonds. The van der Waals surface area contributed by atoms with Gasteiger partial charge in [0.25, 0.3) is 0 Å². The SMILES string of the molecule is CCOC(=O)c1ccccc1NC(=O)N1CCC2CCC(C1)N2.Cl. The third-order valence-corrected chi connectivity index (χ3v) is 4.47. The second-order valence-corrected chi connectivity index (χ2v) is 6.07. The Morgan fingerprint density at radius 1 is 1.25 bits per heavy atom. The number of carbonyl (C=O) groups excluding carboxylic acids is 2. The van der Waals surface area contributed by atoms with Crippen LogP contribution in [0.1, 0.15) is 36.5 Å². The Morgan fingerprint density at radius 3 is 2.79 bits per heavy atom. The van der Waals surface area contributed by atoms with E-state index in [1.165, 1.54) is 6.42 Å². The van der Waals surface area contributed by atoms with Crippen molar-refractivity contribution in [2.45, 2.75) is 38.3 Å². The maximum atomic E-state index is 12.6. The molecule has 1 aromatic rings. The van der Waals surface area contributed by atoms with E-state index in [-0.39, 0.29) is 18.4 Å². The third kappa shape index (κ3) is 4.19. The first kappa shape index (κ1) is 18.5. The first-order chi connectivity index (χ1) is 11.2. The van der Waals surface area contributed by atoms with Crippen molar-refractivity contribution in [1.29, 1.82) is 0 Å². The van der Waals surface area contributed by atoms with E-state index in [0.29, 0.717) is 36.5 Å². The fraction of sp³-hybridized carbons (Fsp3) is 0.529. The standard InChI is InChI=1S/C17H23N3O3.ClH/c1-2-23-16(21)14-5-3-4-6-15(14)19-17(22)20-10-9-12-7-8-13(11-20)18-12;/h3-6,12-13,18H,2,7-11H2,1H3,(H,19,22);1H. The number of amides is 2. The monoisotopic (exact) mass is 353 g/mol. The number of rotatable bonds is 3. The molecule has 132 valence electrons. The van der Waals surface area contributed by atoms with E-state index in [1.54, 1.807) is 31.2 Å². The van der Waals surface area contributed by atoms with Crippen molar-refractivity contribution in [3.63, 3.8) is 0 Å². The van der Waals surface area contributed by atoms with Gasteiger partial charge in [0.2, 0.25) is 0 Å². The predicted molar refractivity (Wildman–Crippen MR) is 94.8 cm³/mol. The van der Waals surface area contributed by atoms with Gasteiger partial charge in [-0.2, -0.15) is 0 Å². The van der Waals surface area contributed by atoms with Crippen LogP contribution in [0.15, 0.2) is 24.3 Å². The van der Waals surface area contributed by atoms with Gasteiger partial charge in [0.1, 0.15) is 0 Å². The molecule has 2 N–H and O–H groups in total. The summed E-state index contributed by atoms with van der Waals surface area (Å²) in [6.07, 6.45) is 3.29. The number of likely N-dealkylation sites (tertiary alicyclic amines) is 1. The molecule has 2 atom stereocenters. The number of fused-ring (bicyclic) bond motifs is 2. The number of hydrogen-bond acceptors (Lipinski definition) is 4. The number of para-hydroxylation sites is 1. The van der Waals surface area contributed by atoms with E-state index in [2.05, 4.69) is 10.6 Å². The first-order valence-corrected chi connectivity index (χ1v) is 8.25. The lowest BCUT2D eigenvalue weighted by Gasteiger charge is -2.25. The molecule has 3 rings (SSSR count). The maximum Gasteiger partial charge on any atom is 0.340 e. The number of carbonyl (C=O) groups is 2. The number of esters is 1. The van der Waals surface area contributed by atoms with E-state index in [9.17, 15) is 9.59 Å². The van der Waals surface area contributed by atoms with Gasteiger partial charge in [-0.3, -0.25) is 0 Å². The summed E-state index contributed by atoms with van der Waals surface area (Å²) in [5, 5.41) is 6.42. The summed E-state index contributed by atoms with van der Waals surface area (Å²) < 4.78 is 5.04. The van der Waals surface area contributed by atoms with Crippen LogP contribution in [-0.4, -0.2) is 48.7 Å². The minimum atomic E-state index is -0.417. The number of benzene rings is 1. The number of halogens is 1. The zero-order valence-corrected chi connectivity index (χ0v) is 14.6. The van der Waals surface area contributed by atoms with Gasteiger partial charge < -0.3 is 20.3 Å². The highest BCUT2D eigenvalue weighted by Crippen LogP contribution is 2.22. The van der Waals surface area contributed by atoms with Crippen LogP contribution >= 0.6 is 12.4 Å². The maximum absolute atomic E-state index is 12.6. The molecule has 6 nitrogen and oxygen atoms in total. The minimum absolute atomic E-state index is 0. The van der Waals surface area contributed by atoms with Gasteiger partial charge in [-0.05, 0) is 38.3 Å². The molecule has 2 aliphatic heterocycles. The predicted octanol–water partition coefficient (Wildman–Crippen LogP) is 2.64. The highest BCUT2D eigenvalue weighted by atomic mass is 35.5. The fourth-order valence-corrected chi connectivity index (χ4v) is 3.30. The van der Waals surface area contributed by atoms with Crippen LogP contribution in [0.2, 0.25) is 0 Å². The van der Waals surface area contributed by atoms with Gasteiger partial charge in [-0.25, -0.2) is 9.59 Å². The lowest BCUT2D eigenvalue weighted by atomic mass is 10.1. The Bertz CT molecular complexity index is 596. The smallest absolute Gasteiger partial charge is 0.340 e. The average Bonchev–Trinajstić information content (AvgIpc) is 2.87. The lowest BCUT2D eigenvalue weighted by molar-refractivity contribution is 0.0527. The van der Waals surface area contributed by atoms with E-state index in [0.717, 1.165) is 19.4 Å². The molecule has 0 spiro atoms. The number of nitrogens with zero attached hydrogens (tertiary/aromatic N) is 1. The molecule has 24 heavy (non-hydrogen) atoms. The van der Waals surface area contributed by atoms with Gasteiger partial charge in [0.05, 0.1) is 17.9 Å². The number of urea groups is 1. The van der Waals surface area contributed by atoms with Gasteiger partial charge in [-0.1, -0.05) is 12.1 Å². The number of nitrogens with one attached hydrogen (secondary N) is 2. The highest BCUT2D eigenvalue weighted by Gasteiger charge is 2.31. The highest BCUT2D eigenvalue weighted by molar-refractivity contribution is 6.00.